The largest absolute Gasteiger partial charge is 0.492 e. The lowest BCUT2D eigenvalue weighted by atomic mass is 9.77. The monoisotopic (exact) mass is 457 g/mol. The van der Waals surface area contributed by atoms with Crippen LogP contribution in [0.15, 0.2) is 23.8 Å². The van der Waals surface area contributed by atoms with Crippen LogP contribution in [0, 0.1) is 0 Å². The first-order chi connectivity index (χ1) is 15.2. The molecule has 0 unspecified atom stereocenters. The molecular weight excluding hydrogens is 425 g/mol. The summed E-state index contributed by atoms with van der Waals surface area (Å²) in [7, 11) is 0.626. The SMILES string of the molecule is COC(=O)c1cc(C=C(CNC(=O)OC(C)(C)C)B2OC(C)(C)C(C)(C)O2)cc2[nH]ncc12. The molecule has 3 rings (SSSR count). The van der Waals surface area contributed by atoms with Crippen molar-refractivity contribution < 1.29 is 28.4 Å². The topological polar surface area (TPSA) is 112 Å². The third-order valence-electron chi connectivity index (χ3n) is 5.73. The molecule has 0 aliphatic carbocycles. The number of alkyl carbamates (subject to hydrolysis) is 1. The lowest BCUT2D eigenvalue weighted by molar-refractivity contribution is 0.00578. The summed E-state index contributed by atoms with van der Waals surface area (Å²) in [5.41, 5.74) is 0.664. The number of hydrogen-bond donors (Lipinski definition) is 2. The minimum atomic E-state index is -0.705. The highest BCUT2D eigenvalue weighted by Gasteiger charge is 2.52. The molecule has 1 fully saturated rings. The van der Waals surface area contributed by atoms with Gasteiger partial charge in [0.15, 0.2) is 0 Å². The predicted molar refractivity (Wildman–Crippen MR) is 126 cm³/mol. The van der Waals surface area contributed by atoms with Gasteiger partial charge in [-0.05, 0) is 71.6 Å². The van der Waals surface area contributed by atoms with E-state index in [1.807, 2.05) is 39.8 Å². The normalized spacial score (nSPS) is 17.8. The van der Waals surface area contributed by atoms with Gasteiger partial charge in [0, 0.05) is 11.9 Å². The summed E-state index contributed by atoms with van der Waals surface area (Å²) < 4.78 is 22.7. The third kappa shape index (κ3) is 5.56. The predicted octanol–water partition coefficient (Wildman–Crippen LogP) is 3.89. The second-order valence-corrected chi connectivity index (χ2v) is 10.1. The van der Waals surface area contributed by atoms with Gasteiger partial charge in [0.2, 0.25) is 0 Å². The molecule has 0 bridgehead atoms. The minimum absolute atomic E-state index is 0.125. The molecule has 9 nitrogen and oxygen atoms in total. The third-order valence-corrected chi connectivity index (χ3v) is 5.73. The summed E-state index contributed by atoms with van der Waals surface area (Å²) in [5, 5.41) is 10.3. The zero-order valence-corrected chi connectivity index (χ0v) is 20.5. The number of nitrogens with zero attached hydrogens (tertiary/aromatic N) is 1. The Hall–Kier alpha value is -2.85. The number of benzene rings is 1. The summed E-state index contributed by atoms with van der Waals surface area (Å²) in [6.07, 6.45) is 2.85. The number of aromatic amines is 1. The van der Waals surface area contributed by atoms with Crippen molar-refractivity contribution >= 4 is 36.2 Å². The van der Waals surface area contributed by atoms with Crippen molar-refractivity contribution in [1.29, 1.82) is 0 Å². The van der Waals surface area contributed by atoms with Crippen LogP contribution in [0.4, 0.5) is 4.79 Å². The summed E-state index contributed by atoms with van der Waals surface area (Å²) in [4.78, 5) is 24.6. The lowest BCUT2D eigenvalue weighted by Gasteiger charge is -2.32. The van der Waals surface area contributed by atoms with Crippen LogP contribution in [-0.2, 0) is 18.8 Å². The maximum atomic E-state index is 12.3. The van der Waals surface area contributed by atoms with Gasteiger partial charge >= 0.3 is 19.2 Å². The second-order valence-electron chi connectivity index (χ2n) is 10.1. The first-order valence-corrected chi connectivity index (χ1v) is 10.8. The summed E-state index contributed by atoms with van der Waals surface area (Å²) in [5.74, 6) is -0.472. The zero-order valence-electron chi connectivity index (χ0n) is 20.5. The number of rotatable bonds is 5. The van der Waals surface area contributed by atoms with Crippen molar-refractivity contribution in [2.75, 3.05) is 13.7 Å². The van der Waals surface area contributed by atoms with Crippen molar-refractivity contribution in [3.63, 3.8) is 0 Å². The molecule has 0 radical (unpaired) electrons. The fraction of sp³-hybridized carbons (Fsp3) is 0.522. The van der Waals surface area contributed by atoms with Crippen molar-refractivity contribution in [3.8, 4) is 0 Å². The van der Waals surface area contributed by atoms with Crippen LogP contribution in [0.1, 0.15) is 64.4 Å². The smallest absolute Gasteiger partial charge is 0.465 e. The molecular formula is C23H32BN3O6. The summed E-state index contributed by atoms with van der Waals surface area (Å²) >= 11 is 0. The number of amides is 1. The van der Waals surface area contributed by atoms with Crippen molar-refractivity contribution in [2.24, 2.45) is 0 Å². The van der Waals surface area contributed by atoms with E-state index in [1.165, 1.54) is 7.11 Å². The molecule has 1 aromatic carbocycles. The fourth-order valence-corrected chi connectivity index (χ4v) is 3.34. The minimum Gasteiger partial charge on any atom is -0.465 e. The van der Waals surface area contributed by atoms with E-state index >= 15 is 0 Å². The maximum absolute atomic E-state index is 12.3. The van der Waals surface area contributed by atoms with Crippen LogP contribution in [0.25, 0.3) is 17.0 Å². The van der Waals surface area contributed by atoms with Gasteiger partial charge < -0.3 is 24.1 Å². The number of hydrogen-bond acceptors (Lipinski definition) is 7. The van der Waals surface area contributed by atoms with Gasteiger partial charge in [-0.3, -0.25) is 5.10 Å². The molecule has 10 heteroatoms. The van der Waals surface area contributed by atoms with Gasteiger partial charge in [-0.1, -0.05) is 6.08 Å². The number of esters is 1. The summed E-state index contributed by atoms with van der Waals surface area (Å²) in [6, 6.07) is 3.57. The Bertz CT molecular complexity index is 1070. The van der Waals surface area contributed by atoms with E-state index in [0.29, 0.717) is 27.5 Å². The van der Waals surface area contributed by atoms with E-state index in [9.17, 15) is 9.59 Å². The van der Waals surface area contributed by atoms with Gasteiger partial charge in [0.1, 0.15) is 5.60 Å². The molecule has 1 aromatic heterocycles. The van der Waals surface area contributed by atoms with E-state index in [1.54, 1.807) is 33.0 Å². The van der Waals surface area contributed by atoms with E-state index in [-0.39, 0.29) is 6.54 Å². The number of H-pyrrole nitrogens is 1. The molecule has 2 N–H and O–H groups in total. The Kier molecular flexibility index (Phi) is 6.63. The molecule has 178 valence electrons. The fourth-order valence-electron chi connectivity index (χ4n) is 3.34. The molecule has 1 aliphatic heterocycles. The number of ether oxygens (including phenoxy) is 2. The Morgan fingerprint density at radius 3 is 2.39 bits per heavy atom. The average molecular weight is 457 g/mol. The first kappa shape index (κ1) is 24.8. The van der Waals surface area contributed by atoms with E-state index in [2.05, 4.69) is 15.5 Å². The van der Waals surface area contributed by atoms with Crippen LogP contribution in [0.2, 0.25) is 0 Å². The van der Waals surface area contributed by atoms with Crippen LogP contribution >= 0.6 is 0 Å². The van der Waals surface area contributed by atoms with Crippen molar-refractivity contribution in [3.05, 3.63) is 34.9 Å². The number of carbonyl (C=O) groups excluding carboxylic acids is 2. The Balaban J connectivity index is 1.98. The van der Waals surface area contributed by atoms with Crippen LogP contribution in [-0.4, -0.2) is 59.8 Å². The number of methoxy groups -OCH3 is 1. The summed E-state index contributed by atoms with van der Waals surface area (Å²) in [6.45, 7) is 13.3. The van der Waals surface area contributed by atoms with Gasteiger partial charge in [-0.15, -0.1) is 0 Å². The number of aromatic nitrogens is 2. The average Bonchev–Trinajstić information content (AvgIpc) is 3.23. The molecule has 33 heavy (non-hydrogen) atoms. The Morgan fingerprint density at radius 1 is 1.18 bits per heavy atom. The van der Waals surface area contributed by atoms with Gasteiger partial charge in [0.05, 0.1) is 35.6 Å². The zero-order chi connectivity index (χ0) is 24.6. The standard InChI is InChI=1S/C23H32BN3O6/c1-21(2,3)31-20(29)25-12-15(24-32-22(4,5)23(6,7)33-24)9-14-10-16(19(28)30-8)17-13-26-27-18(17)11-14/h9-11,13H,12H2,1-8H3,(H,25,29)(H,26,27). The van der Waals surface area contributed by atoms with Crippen molar-refractivity contribution in [1.82, 2.24) is 15.5 Å². The highest BCUT2D eigenvalue weighted by Crippen LogP contribution is 2.39. The quantitative estimate of drug-likeness (QED) is 0.518. The van der Waals surface area contributed by atoms with E-state index < -0.39 is 36.0 Å². The van der Waals surface area contributed by atoms with Crippen LogP contribution < -0.4 is 5.32 Å². The second kappa shape index (κ2) is 8.83. The van der Waals surface area contributed by atoms with E-state index in [4.69, 9.17) is 18.8 Å². The molecule has 0 spiro atoms. The Morgan fingerprint density at radius 2 is 1.82 bits per heavy atom. The highest BCUT2D eigenvalue weighted by atomic mass is 16.7. The molecule has 1 saturated heterocycles. The van der Waals surface area contributed by atoms with Gasteiger partial charge in [0.25, 0.3) is 0 Å². The van der Waals surface area contributed by atoms with Gasteiger partial charge in [-0.2, -0.15) is 5.10 Å². The molecule has 2 heterocycles. The molecule has 2 aromatic rings. The van der Waals surface area contributed by atoms with Gasteiger partial charge in [-0.25, -0.2) is 9.59 Å². The Labute approximate surface area is 194 Å². The number of fused-ring (bicyclic) bond motifs is 1. The molecule has 1 amide bonds. The van der Waals surface area contributed by atoms with Crippen LogP contribution in [0.3, 0.4) is 0 Å². The maximum Gasteiger partial charge on any atom is 0.492 e. The van der Waals surface area contributed by atoms with Crippen LogP contribution in [0.5, 0.6) is 0 Å². The first-order valence-electron chi connectivity index (χ1n) is 10.8. The lowest BCUT2D eigenvalue weighted by Crippen LogP contribution is -2.41. The van der Waals surface area contributed by atoms with Crippen molar-refractivity contribution in [2.45, 2.75) is 65.3 Å². The van der Waals surface area contributed by atoms with E-state index in [0.717, 1.165) is 0 Å². The molecule has 1 aliphatic rings. The number of nitrogens with one attached hydrogen (secondary N) is 2. The number of carbonyl (C=O) groups is 2. The molecule has 0 saturated carbocycles. The highest BCUT2D eigenvalue weighted by molar-refractivity contribution is 6.56. The molecule has 0 atom stereocenters.